The third-order valence-corrected chi connectivity index (χ3v) is 3.18. The molecule has 0 aliphatic heterocycles. The Kier molecular flexibility index (Phi) is 2.76. The van der Waals surface area contributed by atoms with Gasteiger partial charge in [0.2, 0.25) is 0 Å². The van der Waals surface area contributed by atoms with Crippen LogP contribution < -0.4 is 0 Å². The average molecular weight is 248 g/mol. The first-order valence-electron chi connectivity index (χ1n) is 6.05. The summed E-state index contributed by atoms with van der Waals surface area (Å²) in [6, 6.07) is 19.0. The first-order chi connectivity index (χ1) is 9.28. The molecule has 0 heterocycles. The fraction of sp³-hybridized carbons (Fsp3) is 0. The van der Waals surface area contributed by atoms with Crippen LogP contribution in [-0.2, 0) is 0 Å². The largest absolute Gasteiger partial charge is 0.508 e. The molecule has 0 aliphatic carbocycles. The summed E-state index contributed by atoms with van der Waals surface area (Å²) in [5.74, 6) is 0.104. The van der Waals surface area contributed by atoms with E-state index in [0.717, 1.165) is 28.2 Å². The molecule has 0 amide bonds. The number of phenols is 1. The molecule has 92 valence electrons. The fourth-order valence-electron chi connectivity index (χ4n) is 2.34. The van der Waals surface area contributed by atoms with Crippen molar-refractivity contribution in [3.63, 3.8) is 0 Å². The van der Waals surface area contributed by atoms with Crippen molar-refractivity contribution < 1.29 is 9.90 Å². The average Bonchev–Trinajstić information content (AvgIpc) is 2.46. The molecular formula is C17H12O2. The molecule has 0 bridgehead atoms. The lowest BCUT2D eigenvalue weighted by Crippen LogP contribution is -1.85. The highest BCUT2D eigenvalue weighted by Gasteiger charge is 2.06. The maximum Gasteiger partial charge on any atom is 0.150 e. The van der Waals surface area contributed by atoms with Gasteiger partial charge < -0.3 is 5.11 Å². The topological polar surface area (TPSA) is 37.3 Å². The molecule has 3 aromatic rings. The highest BCUT2D eigenvalue weighted by Crippen LogP contribution is 2.31. The first kappa shape index (κ1) is 11.5. The Morgan fingerprint density at radius 1 is 0.895 bits per heavy atom. The third-order valence-electron chi connectivity index (χ3n) is 3.18. The van der Waals surface area contributed by atoms with Gasteiger partial charge in [0.05, 0.1) is 0 Å². The van der Waals surface area contributed by atoms with Crippen molar-refractivity contribution in [1.29, 1.82) is 0 Å². The Morgan fingerprint density at radius 3 is 2.53 bits per heavy atom. The summed E-state index contributed by atoms with van der Waals surface area (Å²) in [7, 11) is 0. The molecule has 0 saturated heterocycles. The number of phenolic OH excluding ortho intramolecular Hbond substituents is 1. The van der Waals surface area contributed by atoms with E-state index in [2.05, 4.69) is 0 Å². The zero-order valence-electron chi connectivity index (χ0n) is 10.2. The number of carbonyl (C=O) groups excluding carboxylic acids is 1. The van der Waals surface area contributed by atoms with Crippen molar-refractivity contribution in [3.8, 4) is 16.9 Å². The zero-order chi connectivity index (χ0) is 13.2. The molecular weight excluding hydrogens is 236 g/mol. The van der Waals surface area contributed by atoms with Gasteiger partial charge in [0.25, 0.3) is 0 Å². The van der Waals surface area contributed by atoms with Crippen LogP contribution in [0.4, 0.5) is 0 Å². The number of hydrogen-bond acceptors (Lipinski definition) is 2. The second kappa shape index (κ2) is 4.58. The molecule has 0 aromatic heterocycles. The predicted octanol–water partition coefficient (Wildman–Crippen LogP) is 4.02. The van der Waals surface area contributed by atoms with Crippen molar-refractivity contribution in [1.82, 2.24) is 0 Å². The molecule has 0 saturated carbocycles. The molecule has 2 heteroatoms. The molecule has 1 N–H and O–H groups in total. The molecule has 0 fully saturated rings. The molecule has 2 nitrogen and oxygen atoms in total. The van der Waals surface area contributed by atoms with Crippen LogP contribution in [0.25, 0.3) is 21.9 Å². The smallest absolute Gasteiger partial charge is 0.150 e. The number of fused-ring (bicyclic) bond motifs is 1. The summed E-state index contributed by atoms with van der Waals surface area (Å²) in [4.78, 5) is 10.9. The van der Waals surface area contributed by atoms with Crippen LogP contribution in [-0.4, -0.2) is 11.4 Å². The Balaban J connectivity index is 2.30. The van der Waals surface area contributed by atoms with E-state index in [9.17, 15) is 9.90 Å². The predicted molar refractivity (Wildman–Crippen MR) is 76.4 cm³/mol. The van der Waals surface area contributed by atoms with E-state index in [-0.39, 0.29) is 5.75 Å². The summed E-state index contributed by atoms with van der Waals surface area (Å²) in [6.07, 6.45) is 0.744. The molecule has 3 aromatic carbocycles. The third kappa shape index (κ3) is 2.08. The van der Waals surface area contributed by atoms with Crippen LogP contribution in [0.2, 0.25) is 0 Å². The van der Waals surface area contributed by atoms with Crippen LogP contribution in [0.1, 0.15) is 10.4 Å². The number of aromatic hydroxyl groups is 1. The number of aldehydes is 1. The molecule has 0 unspecified atom stereocenters. The van der Waals surface area contributed by atoms with E-state index in [1.54, 1.807) is 12.1 Å². The second-order valence-corrected chi connectivity index (χ2v) is 4.46. The quantitative estimate of drug-likeness (QED) is 0.695. The van der Waals surface area contributed by atoms with Gasteiger partial charge in [0, 0.05) is 5.56 Å². The number of carbonyl (C=O) groups is 1. The summed E-state index contributed by atoms with van der Waals surface area (Å²) in [5, 5.41) is 11.9. The second-order valence-electron chi connectivity index (χ2n) is 4.46. The van der Waals surface area contributed by atoms with Gasteiger partial charge in [0.15, 0.2) is 0 Å². The lowest BCUT2D eigenvalue weighted by atomic mass is 9.97. The van der Waals surface area contributed by atoms with Crippen LogP contribution in [0.3, 0.4) is 0 Å². The summed E-state index contributed by atoms with van der Waals surface area (Å²) in [5.41, 5.74) is 2.33. The molecule has 0 radical (unpaired) electrons. The van der Waals surface area contributed by atoms with Crippen molar-refractivity contribution in [2.45, 2.75) is 0 Å². The highest BCUT2D eigenvalue weighted by atomic mass is 16.3. The minimum atomic E-state index is 0.104. The monoisotopic (exact) mass is 248 g/mol. The van der Waals surface area contributed by atoms with Crippen molar-refractivity contribution in [2.24, 2.45) is 0 Å². The molecule has 3 rings (SSSR count). The van der Waals surface area contributed by atoms with Crippen LogP contribution in [0.5, 0.6) is 5.75 Å². The van der Waals surface area contributed by atoms with Crippen molar-refractivity contribution in [2.75, 3.05) is 0 Å². The molecule has 19 heavy (non-hydrogen) atoms. The minimum absolute atomic E-state index is 0.104. The van der Waals surface area contributed by atoms with Crippen molar-refractivity contribution in [3.05, 3.63) is 66.2 Å². The Morgan fingerprint density at radius 2 is 1.68 bits per heavy atom. The van der Waals surface area contributed by atoms with E-state index in [1.165, 1.54) is 6.07 Å². The van der Waals surface area contributed by atoms with Gasteiger partial charge in [-0.1, -0.05) is 42.5 Å². The van der Waals surface area contributed by atoms with Crippen molar-refractivity contribution >= 4 is 17.1 Å². The van der Waals surface area contributed by atoms with E-state index >= 15 is 0 Å². The Bertz CT molecular complexity index is 755. The zero-order valence-corrected chi connectivity index (χ0v) is 10.2. The van der Waals surface area contributed by atoms with Crippen LogP contribution >= 0.6 is 0 Å². The van der Waals surface area contributed by atoms with Gasteiger partial charge in [-0.15, -0.1) is 0 Å². The van der Waals surface area contributed by atoms with Crippen LogP contribution in [0, 0.1) is 0 Å². The van der Waals surface area contributed by atoms with Crippen LogP contribution in [0.15, 0.2) is 60.7 Å². The summed E-state index contributed by atoms with van der Waals surface area (Å²) < 4.78 is 0. The van der Waals surface area contributed by atoms with E-state index in [1.807, 2.05) is 42.5 Å². The lowest BCUT2D eigenvalue weighted by Gasteiger charge is -2.08. The van der Waals surface area contributed by atoms with Gasteiger partial charge in [-0.2, -0.15) is 0 Å². The normalized spacial score (nSPS) is 10.5. The van der Waals surface area contributed by atoms with E-state index < -0.39 is 0 Å². The van der Waals surface area contributed by atoms with Gasteiger partial charge in [-0.25, -0.2) is 0 Å². The Hall–Kier alpha value is -2.61. The van der Waals surface area contributed by atoms with Gasteiger partial charge in [-0.3, -0.25) is 4.79 Å². The molecule has 0 aliphatic rings. The maximum atomic E-state index is 10.9. The molecule has 0 atom stereocenters. The minimum Gasteiger partial charge on any atom is -0.508 e. The van der Waals surface area contributed by atoms with Gasteiger partial charge in [0.1, 0.15) is 12.0 Å². The van der Waals surface area contributed by atoms with Gasteiger partial charge >= 0.3 is 0 Å². The summed E-state index contributed by atoms with van der Waals surface area (Å²) >= 11 is 0. The Labute approximate surface area is 110 Å². The lowest BCUT2D eigenvalue weighted by molar-refractivity contribution is 0.112. The first-order valence-corrected chi connectivity index (χ1v) is 6.05. The highest BCUT2D eigenvalue weighted by molar-refractivity contribution is 5.97. The fourth-order valence-corrected chi connectivity index (χ4v) is 2.34. The molecule has 0 spiro atoms. The summed E-state index contributed by atoms with van der Waals surface area (Å²) in [6.45, 7) is 0. The standard InChI is InChI=1S/C17H12O2/c18-11-12-8-14(10-15(19)9-12)17-7-3-5-13-4-1-2-6-16(13)17/h1-11,19H. The van der Waals surface area contributed by atoms with E-state index in [0.29, 0.717) is 5.56 Å². The number of rotatable bonds is 2. The number of hydrogen-bond donors (Lipinski definition) is 1. The van der Waals surface area contributed by atoms with Gasteiger partial charge in [-0.05, 0) is 40.1 Å². The van der Waals surface area contributed by atoms with E-state index in [4.69, 9.17) is 0 Å². The maximum absolute atomic E-state index is 10.9. The number of benzene rings is 3. The SMILES string of the molecule is O=Cc1cc(O)cc(-c2cccc3ccccc23)c1.